The van der Waals surface area contributed by atoms with E-state index in [9.17, 15) is 0 Å². The molecule has 1 aromatic heterocycles. The van der Waals surface area contributed by atoms with Crippen LogP contribution in [0.5, 0.6) is 0 Å². The van der Waals surface area contributed by atoms with Crippen molar-refractivity contribution in [1.29, 1.82) is 0 Å². The summed E-state index contributed by atoms with van der Waals surface area (Å²) in [5.41, 5.74) is -0.112. The lowest BCUT2D eigenvalue weighted by Gasteiger charge is -2.21. The summed E-state index contributed by atoms with van der Waals surface area (Å²) in [5.74, 6) is 0.786. The highest BCUT2D eigenvalue weighted by molar-refractivity contribution is 7.09. The summed E-state index contributed by atoms with van der Waals surface area (Å²) in [6.07, 6.45) is 0. The highest BCUT2D eigenvalue weighted by Gasteiger charge is 2.16. The smallest absolute Gasteiger partial charge is 0.202 e. The minimum absolute atomic E-state index is 0.112. The average molecular weight is 201 g/mol. The summed E-state index contributed by atoms with van der Waals surface area (Å²) in [6.45, 7) is 6.72. The molecule has 0 aliphatic carbocycles. The van der Waals surface area contributed by atoms with Crippen molar-refractivity contribution in [3.63, 3.8) is 0 Å². The number of rotatable bonds is 4. The minimum atomic E-state index is -0.112. The molecule has 4 nitrogen and oxygen atoms in total. The summed E-state index contributed by atoms with van der Waals surface area (Å²) in [5, 5.41) is 13.0. The molecule has 1 aromatic rings. The SMILES string of the molecule is Cc1nsc(NCC(C)(C)CO)n1. The Morgan fingerprint density at radius 3 is 2.69 bits per heavy atom. The Bertz CT molecular complexity index is 272. The molecule has 0 amide bonds. The number of nitrogens with zero attached hydrogens (tertiary/aromatic N) is 2. The number of hydrogen-bond acceptors (Lipinski definition) is 5. The second-order valence-electron chi connectivity index (χ2n) is 3.82. The number of nitrogens with one attached hydrogen (secondary N) is 1. The monoisotopic (exact) mass is 201 g/mol. The molecule has 13 heavy (non-hydrogen) atoms. The van der Waals surface area contributed by atoms with Crippen LogP contribution in [-0.4, -0.2) is 27.6 Å². The molecule has 0 bridgehead atoms. The van der Waals surface area contributed by atoms with Crippen LogP contribution in [0.1, 0.15) is 19.7 Å². The first-order valence-electron chi connectivity index (χ1n) is 4.18. The third-order valence-electron chi connectivity index (χ3n) is 1.67. The van der Waals surface area contributed by atoms with Gasteiger partial charge in [0.05, 0.1) is 0 Å². The Morgan fingerprint density at radius 2 is 2.23 bits per heavy atom. The first kappa shape index (κ1) is 10.4. The Morgan fingerprint density at radius 1 is 1.54 bits per heavy atom. The fourth-order valence-corrected chi connectivity index (χ4v) is 1.31. The Balaban J connectivity index is 2.43. The van der Waals surface area contributed by atoms with Crippen molar-refractivity contribution in [3.8, 4) is 0 Å². The van der Waals surface area contributed by atoms with Gasteiger partial charge in [-0.05, 0) is 6.92 Å². The number of aliphatic hydroxyl groups excluding tert-OH is 1. The van der Waals surface area contributed by atoms with Crippen molar-refractivity contribution in [2.45, 2.75) is 20.8 Å². The minimum Gasteiger partial charge on any atom is -0.396 e. The van der Waals surface area contributed by atoms with Crippen LogP contribution in [0.3, 0.4) is 0 Å². The summed E-state index contributed by atoms with van der Waals surface area (Å²) >= 11 is 1.35. The van der Waals surface area contributed by atoms with Crippen LogP contribution in [-0.2, 0) is 0 Å². The number of hydrogen-bond donors (Lipinski definition) is 2. The van der Waals surface area contributed by atoms with Crippen molar-refractivity contribution in [3.05, 3.63) is 5.82 Å². The van der Waals surface area contributed by atoms with Gasteiger partial charge >= 0.3 is 0 Å². The number of aryl methyl sites for hydroxylation is 1. The van der Waals surface area contributed by atoms with Gasteiger partial charge in [0.25, 0.3) is 0 Å². The zero-order chi connectivity index (χ0) is 9.90. The van der Waals surface area contributed by atoms with Crippen LogP contribution in [0.4, 0.5) is 5.13 Å². The predicted molar refractivity (Wildman–Crippen MR) is 54.0 cm³/mol. The first-order valence-corrected chi connectivity index (χ1v) is 4.96. The Labute approximate surface area is 82.2 Å². The van der Waals surface area contributed by atoms with Crippen LogP contribution >= 0.6 is 11.5 Å². The normalized spacial score (nSPS) is 11.7. The highest BCUT2D eigenvalue weighted by atomic mass is 32.1. The molecular weight excluding hydrogens is 186 g/mol. The summed E-state index contributed by atoms with van der Waals surface area (Å²) in [4.78, 5) is 4.16. The molecule has 0 atom stereocenters. The maximum absolute atomic E-state index is 9.00. The largest absolute Gasteiger partial charge is 0.396 e. The van der Waals surface area contributed by atoms with Crippen LogP contribution in [0.25, 0.3) is 0 Å². The van der Waals surface area contributed by atoms with Crippen molar-refractivity contribution in [1.82, 2.24) is 9.36 Å². The summed E-state index contributed by atoms with van der Waals surface area (Å²) < 4.78 is 4.05. The van der Waals surface area contributed by atoms with E-state index in [4.69, 9.17) is 5.11 Å². The number of aliphatic hydroxyl groups is 1. The van der Waals surface area contributed by atoms with E-state index in [0.29, 0.717) is 6.54 Å². The van der Waals surface area contributed by atoms with E-state index in [0.717, 1.165) is 11.0 Å². The van der Waals surface area contributed by atoms with Crippen molar-refractivity contribution in [2.75, 3.05) is 18.5 Å². The van der Waals surface area contributed by atoms with Gasteiger partial charge in [-0.25, -0.2) is 4.98 Å². The summed E-state index contributed by atoms with van der Waals surface area (Å²) in [7, 11) is 0. The zero-order valence-electron chi connectivity index (χ0n) is 8.16. The van der Waals surface area contributed by atoms with Crippen molar-refractivity contribution >= 4 is 16.7 Å². The maximum Gasteiger partial charge on any atom is 0.202 e. The number of anilines is 1. The van der Waals surface area contributed by atoms with Gasteiger partial charge in [-0.15, -0.1) is 0 Å². The predicted octanol–water partition coefficient (Wildman–Crippen LogP) is 1.28. The number of aromatic nitrogens is 2. The van der Waals surface area contributed by atoms with Crippen LogP contribution in [0, 0.1) is 12.3 Å². The maximum atomic E-state index is 9.00. The van der Waals surface area contributed by atoms with Crippen molar-refractivity contribution < 1.29 is 5.11 Å². The Kier molecular flexibility index (Phi) is 3.22. The van der Waals surface area contributed by atoms with Gasteiger partial charge in [0.15, 0.2) is 0 Å². The molecule has 0 aliphatic rings. The molecule has 1 heterocycles. The van der Waals surface area contributed by atoms with Gasteiger partial charge in [-0.2, -0.15) is 4.37 Å². The third-order valence-corrected chi connectivity index (χ3v) is 2.44. The van der Waals surface area contributed by atoms with Gasteiger partial charge in [0.2, 0.25) is 5.13 Å². The van der Waals surface area contributed by atoms with Gasteiger partial charge < -0.3 is 10.4 Å². The molecule has 5 heteroatoms. The molecule has 74 valence electrons. The quantitative estimate of drug-likeness (QED) is 0.770. The van der Waals surface area contributed by atoms with Gasteiger partial charge in [-0.3, -0.25) is 0 Å². The van der Waals surface area contributed by atoms with Crippen molar-refractivity contribution in [2.24, 2.45) is 5.41 Å². The molecule has 1 rings (SSSR count). The third kappa shape index (κ3) is 3.28. The second kappa shape index (κ2) is 4.02. The molecule has 0 radical (unpaired) electrons. The molecule has 0 aliphatic heterocycles. The van der Waals surface area contributed by atoms with E-state index in [1.54, 1.807) is 0 Å². The fraction of sp³-hybridized carbons (Fsp3) is 0.750. The van der Waals surface area contributed by atoms with E-state index in [-0.39, 0.29) is 12.0 Å². The lowest BCUT2D eigenvalue weighted by atomic mass is 9.95. The molecule has 0 spiro atoms. The van der Waals surface area contributed by atoms with E-state index < -0.39 is 0 Å². The molecule has 0 saturated carbocycles. The lowest BCUT2D eigenvalue weighted by Crippen LogP contribution is -2.26. The molecule has 2 N–H and O–H groups in total. The van der Waals surface area contributed by atoms with Gasteiger partial charge in [0.1, 0.15) is 5.82 Å². The molecule has 0 aromatic carbocycles. The van der Waals surface area contributed by atoms with E-state index in [2.05, 4.69) is 14.7 Å². The second-order valence-corrected chi connectivity index (χ2v) is 4.57. The van der Waals surface area contributed by atoms with Crippen LogP contribution in [0.15, 0.2) is 0 Å². The average Bonchev–Trinajstić information content (AvgIpc) is 2.48. The van der Waals surface area contributed by atoms with E-state index in [1.807, 2.05) is 20.8 Å². The van der Waals surface area contributed by atoms with E-state index in [1.165, 1.54) is 11.5 Å². The van der Waals surface area contributed by atoms with Crippen LogP contribution < -0.4 is 5.32 Å². The first-order chi connectivity index (χ1) is 6.03. The molecule has 0 unspecified atom stereocenters. The lowest BCUT2D eigenvalue weighted by molar-refractivity contribution is 0.171. The fourth-order valence-electron chi connectivity index (χ4n) is 0.740. The van der Waals surface area contributed by atoms with Gasteiger partial charge in [-0.1, -0.05) is 13.8 Å². The topological polar surface area (TPSA) is 58.0 Å². The molecule has 0 fully saturated rings. The van der Waals surface area contributed by atoms with E-state index >= 15 is 0 Å². The Hall–Kier alpha value is -0.680. The molecular formula is C8H15N3OS. The highest BCUT2D eigenvalue weighted by Crippen LogP contribution is 2.16. The molecule has 0 saturated heterocycles. The zero-order valence-corrected chi connectivity index (χ0v) is 8.98. The standard InChI is InChI=1S/C8H15N3OS/c1-6-10-7(13-11-6)9-4-8(2,3)5-12/h12H,4-5H2,1-3H3,(H,9,10,11). The van der Waals surface area contributed by atoms with Crippen LogP contribution in [0.2, 0.25) is 0 Å². The van der Waals surface area contributed by atoms with Gasteiger partial charge in [0, 0.05) is 30.1 Å². The summed E-state index contributed by atoms with van der Waals surface area (Å²) in [6, 6.07) is 0.